The minimum absolute atomic E-state index is 0.124. The van der Waals surface area contributed by atoms with Crippen molar-refractivity contribution in [1.29, 1.82) is 0 Å². The van der Waals surface area contributed by atoms with Crippen molar-refractivity contribution in [2.45, 2.75) is 13.5 Å². The van der Waals surface area contributed by atoms with Gasteiger partial charge in [-0.15, -0.1) is 0 Å². The highest BCUT2D eigenvalue weighted by Gasteiger charge is 2.08. The number of rotatable bonds is 4. The molecule has 0 saturated carbocycles. The molecule has 3 heterocycles. The third-order valence-electron chi connectivity index (χ3n) is 4.05. The lowest BCUT2D eigenvalue weighted by Gasteiger charge is -2.06. The van der Waals surface area contributed by atoms with E-state index in [1.165, 1.54) is 0 Å². The van der Waals surface area contributed by atoms with Gasteiger partial charge in [0.05, 0.1) is 17.9 Å². The average molecular weight is 331 g/mol. The van der Waals surface area contributed by atoms with Gasteiger partial charge in [0.15, 0.2) is 0 Å². The molecule has 3 aromatic heterocycles. The Morgan fingerprint density at radius 1 is 1.12 bits per heavy atom. The minimum atomic E-state index is -0.124. The number of carbonyl (C=O) groups is 1. The highest BCUT2D eigenvalue weighted by molar-refractivity contribution is 5.94. The van der Waals surface area contributed by atoms with Crippen molar-refractivity contribution in [2.75, 3.05) is 0 Å². The van der Waals surface area contributed by atoms with Gasteiger partial charge in [-0.1, -0.05) is 6.07 Å². The van der Waals surface area contributed by atoms with Crippen LogP contribution in [0.3, 0.4) is 0 Å². The van der Waals surface area contributed by atoms with Crippen LogP contribution in [0.1, 0.15) is 21.7 Å². The summed E-state index contributed by atoms with van der Waals surface area (Å²) in [5.41, 5.74) is 4.27. The minimum Gasteiger partial charge on any atom is -0.346 e. The largest absolute Gasteiger partial charge is 0.346 e. The molecule has 0 aliphatic heterocycles. The lowest BCUT2D eigenvalue weighted by atomic mass is 10.2. The van der Waals surface area contributed by atoms with Crippen molar-refractivity contribution >= 4 is 11.6 Å². The highest BCUT2D eigenvalue weighted by atomic mass is 16.1. The van der Waals surface area contributed by atoms with Gasteiger partial charge in [0.1, 0.15) is 5.65 Å². The first kappa shape index (κ1) is 15.1. The molecule has 4 aromatic rings. The van der Waals surface area contributed by atoms with Gasteiger partial charge in [-0.3, -0.25) is 4.79 Å². The fourth-order valence-electron chi connectivity index (χ4n) is 2.74. The smallest absolute Gasteiger partial charge is 0.251 e. The third-order valence-corrected chi connectivity index (χ3v) is 4.05. The summed E-state index contributed by atoms with van der Waals surface area (Å²) in [7, 11) is 0. The number of nitrogens with one attached hydrogen (secondary N) is 1. The lowest BCUT2D eigenvalue weighted by Crippen LogP contribution is -2.22. The van der Waals surface area contributed by atoms with Crippen molar-refractivity contribution in [3.05, 3.63) is 84.1 Å². The number of amides is 1. The van der Waals surface area contributed by atoms with E-state index in [4.69, 9.17) is 0 Å². The highest BCUT2D eigenvalue weighted by Crippen LogP contribution is 2.11. The number of imidazole rings is 1. The predicted octanol–water partition coefficient (Wildman–Crippen LogP) is 2.76. The molecule has 0 radical (unpaired) electrons. The molecule has 6 heteroatoms. The maximum Gasteiger partial charge on any atom is 0.251 e. The average Bonchev–Trinajstić information content (AvgIpc) is 3.25. The number of fused-ring (bicyclic) bond motifs is 1. The van der Waals surface area contributed by atoms with E-state index in [-0.39, 0.29) is 5.91 Å². The molecule has 0 saturated heterocycles. The molecule has 0 bridgehead atoms. The molecule has 1 aromatic carbocycles. The Morgan fingerprint density at radius 3 is 2.68 bits per heavy atom. The molecule has 0 aliphatic carbocycles. The van der Waals surface area contributed by atoms with E-state index in [0.717, 1.165) is 22.7 Å². The number of hydrogen-bond acceptors (Lipinski definition) is 3. The summed E-state index contributed by atoms with van der Waals surface area (Å²) in [5.74, 6) is -0.124. The second kappa shape index (κ2) is 6.24. The van der Waals surface area contributed by atoms with Gasteiger partial charge in [0.25, 0.3) is 5.91 Å². The van der Waals surface area contributed by atoms with Crippen molar-refractivity contribution in [3.8, 4) is 5.69 Å². The summed E-state index contributed by atoms with van der Waals surface area (Å²) in [4.78, 5) is 16.8. The fourth-order valence-corrected chi connectivity index (χ4v) is 2.74. The van der Waals surface area contributed by atoms with E-state index in [1.807, 2.05) is 64.8 Å². The molecular weight excluding hydrogens is 314 g/mol. The number of hydrogen-bond donors (Lipinski definition) is 1. The van der Waals surface area contributed by atoms with Gasteiger partial charge >= 0.3 is 0 Å². The Kier molecular flexibility index (Phi) is 3.78. The molecule has 4 rings (SSSR count). The summed E-state index contributed by atoms with van der Waals surface area (Å²) >= 11 is 0. The van der Waals surface area contributed by atoms with Gasteiger partial charge in [0.2, 0.25) is 0 Å². The second-order valence-corrected chi connectivity index (χ2v) is 5.81. The molecule has 0 aliphatic rings. The van der Waals surface area contributed by atoms with Gasteiger partial charge in [-0.05, 0) is 49.4 Å². The third kappa shape index (κ3) is 3.01. The number of pyridine rings is 1. The van der Waals surface area contributed by atoms with Crippen LogP contribution < -0.4 is 5.32 Å². The Balaban J connectivity index is 1.45. The molecule has 124 valence electrons. The molecular formula is C19H17N5O. The zero-order chi connectivity index (χ0) is 17.2. The monoisotopic (exact) mass is 331 g/mol. The Bertz CT molecular complexity index is 996. The van der Waals surface area contributed by atoms with Crippen molar-refractivity contribution in [2.24, 2.45) is 0 Å². The van der Waals surface area contributed by atoms with Crippen LogP contribution in [-0.4, -0.2) is 25.1 Å². The standard InChI is InChI=1S/C19H17N5O/c1-14-9-10-21-24(14)17-7-5-15(6-8-17)19(25)20-12-16-13-23-11-3-2-4-18(23)22-16/h2-11,13H,12H2,1H3,(H,20,25). The predicted molar refractivity (Wildman–Crippen MR) is 94.7 cm³/mol. The lowest BCUT2D eigenvalue weighted by molar-refractivity contribution is 0.0950. The maximum absolute atomic E-state index is 12.3. The Hall–Kier alpha value is -3.41. The second-order valence-electron chi connectivity index (χ2n) is 5.81. The quantitative estimate of drug-likeness (QED) is 0.625. The van der Waals surface area contributed by atoms with Gasteiger partial charge in [0, 0.05) is 29.8 Å². The van der Waals surface area contributed by atoms with Crippen LogP contribution in [0.5, 0.6) is 0 Å². The van der Waals surface area contributed by atoms with E-state index in [0.29, 0.717) is 12.1 Å². The first-order valence-electron chi connectivity index (χ1n) is 8.02. The molecule has 1 amide bonds. The van der Waals surface area contributed by atoms with Crippen LogP contribution in [0.15, 0.2) is 67.1 Å². The van der Waals surface area contributed by atoms with Crippen molar-refractivity contribution in [3.63, 3.8) is 0 Å². The molecule has 0 fully saturated rings. The number of carbonyl (C=O) groups excluding carboxylic acids is 1. The number of aryl methyl sites for hydroxylation is 1. The van der Waals surface area contributed by atoms with E-state index < -0.39 is 0 Å². The summed E-state index contributed by atoms with van der Waals surface area (Å²) in [6, 6.07) is 15.1. The SMILES string of the molecule is Cc1ccnn1-c1ccc(C(=O)NCc2cn3ccccc3n2)cc1. The van der Waals surface area contributed by atoms with Crippen LogP contribution in [0.2, 0.25) is 0 Å². The number of nitrogens with zero attached hydrogens (tertiary/aromatic N) is 4. The van der Waals surface area contributed by atoms with E-state index in [1.54, 1.807) is 18.3 Å². The van der Waals surface area contributed by atoms with Crippen LogP contribution in [-0.2, 0) is 6.54 Å². The number of benzene rings is 1. The van der Waals surface area contributed by atoms with Crippen molar-refractivity contribution in [1.82, 2.24) is 24.5 Å². The Labute approximate surface area is 144 Å². The van der Waals surface area contributed by atoms with Gasteiger partial charge in [-0.25, -0.2) is 9.67 Å². The molecule has 25 heavy (non-hydrogen) atoms. The van der Waals surface area contributed by atoms with Crippen LogP contribution >= 0.6 is 0 Å². The van der Waals surface area contributed by atoms with E-state index in [9.17, 15) is 4.79 Å². The first-order chi connectivity index (χ1) is 12.2. The van der Waals surface area contributed by atoms with Crippen LogP contribution in [0.4, 0.5) is 0 Å². The molecule has 0 atom stereocenters. The zero-order valence-corrected chi connectivity index (χ0v) is 13.8. The topological polar surface area (TPSA) is 64.2 Å². The van der Waals surface area contributed by atoms with Gasteiger partial charge in [-0.2, -0.15) is 5.10 Å². The number of aromatic nitrogens is 4. The first-order valence-corrected chi connectivity index (χ1v) is 8.02. The van der Waals surface area contributed by atoms with Crippen LogP contribution in [0, 0.1) is 6.92 Å². The summed E-state index contributed by atoms with van der Waals surface area (Å²) < 4.78 is 3.76. The molecule has 1 N–H and O–H groups in total. The summed E-state index contributed by atoms with van der Waals surface area (Å²) in [5, 5.41) is 7.17. The van der Waals surface area contributed by atoms with Crippen LogP contribution in [0.25, 0.3) is 11.3 Å². The molecule has 0 unspecified atom stereocenters. The van der Waals surface area contributed by atoms with Gasteiger partial charge < -0.3 is 9.72 Å². The van der Waals surface area contributed by atoms with Crippen molar-refractivity contribution < 1.29 is 4.79 Å². The maximum atomic E-state index is 12.3. The molecule has 0 spiro atoms. The Morgan fingerprint density at radius 2 is 1.96 bits per heavy atom. The summed E-state index contributed by atoms with van der Waals surface area (Å²) in [6.45, 7) is 2.38. The fraction of sp³-hybridized carbons (Fsp3) is 0.105. The van der Waals surface area contributed by atoms with E-state index in [2.05, 4.69) is 15.4 Å². The summed E-state index contributed by atoms with van der Waals surface area (Å²) in [6.07, 6.45) is 5.60. The van der Waals surface area contributed by atoms with E-state index >= 15 is 0 Å². The normalized spacial score (nSPS) is 10.9. The zero-order valence-electron chi connectivity index (χ0n) is 13.8. The molecule has 6 nitrogen and oxygen atoms in total.